The van der Waals surface area contributed by atoms with Gasteiger partial charge in [-0.05, 0) is 77.9 Å². The molecule has 2 aliphatic rings. The molecule has 10 nitrogen and oxygen atoms in total. The number of fused-ring (bicyclic) bond motifs is 1. The lowest BCUT2D eigenvalue weighted by molar-refractivity contribution is -0.123. The zero-order valence-corrected chi connectivity index (χ0v) is 24.3. The molecule has 44 heavy (non-hydrogen) atoms. The molecule has 1 aliphatic carbocycles. The van der Waals surface area contributed by atoms with Crippen LogP contribution in [0.1, 0.15) is 30.5 Å². The first kappa shape index (κ1) is 31.3. The smallest absolute Gasteiger partial charge is 0.488 e. The van der Waals surface area contributed by atoms with E-state index in [2.05, 4.69) is 4.98 Å². The van der Waals surface area contributed by atoms with Crippen LogP contribution in [-0.4, -0.2) is 75.7 Å². The minimum absolute atomic E-state index is 0.109. The van der Waals surface area contributed by atoms with Gasteiger partial charge in [-0.3, -0.25) is 19.5 Å². The van der Waals surface area contributed by atoms with E-state index in [4.69, 9.17) is 4.74 Å². The summed E-state index contributed by atoms with van der Waals surface area (Å²) in [6.45, 7) is -0.357. The third-order valence-corrected chi connectivity index (χ3v) is 8.43. The van der Waals surface area contributed by atoms with Crippen molar-refractivity contribution in [3.63, 3.8) is 0 Å². The molecule has 2 heterocycles. The van der Waals surface area contributed by atoms with Crippen LogP contribution in [0.15, 0.2) is 84.1 Å². The fourth-order valence-electron chi connectivity index (χ4n) is 6.42. The van der Waals surface area contributed by atoms with Gasteiger partial charge < -0.3 is 30.1 Å². The normalized spacial score (nSPS) is 21.1. The van der Waals surface area contributed by atoms with Gasteiger partial charge in [-0.1, -0.05) is 36.4 Å². The quantitative estimate of drug-likeness (QED) is 0.126. The van der Waals surface area contributed by atoms with Gasteiger partial charge in [0.1, 0.15) is 5.75 Å². The fraction of sp³-hybridized carbons (Fsp3) is 0.303. The first-order valence-corrected chi connectivity index (χ1v) is 14.5. The highest BCUT2D eigenvalue weighted by molar-refractivity contribution is 6.58. The molecule has 0 saturated carbocycles. The second kappa shape index (κ2) is 13.7. The number of phenolic OH excluding ortho intramolecular Hbond substituents is 1. The second-order valence-corrected chi connectivity index (χ2v) is 11.1. The van der Waals surface area contributed by atoms with Gasteiger partial charge >= 0.3 is 7.12 Å². The van der Waals surface area contributed by atoms with Crippen molar-refractivity contribution in [3.05, 3.63) is 95.3 Å². The molecule has 228 valence electrons. The van der Waals surface area contributed by atoms with Crippen molar-refractivity contribution in [2.75, 3.05) is 25.2 Å². The summed E-state index contributed by atoms with van der Waals surface area (Å²) < 4.78 is 5.44. The molecule has 4 atom stereocenters. The van der Waals surface area contributed by atoms with E-state index in [1.165, 1.54) is 25.3 Å². The Kier molecular flexibility index (Phi) is 9.72. The number of nitrogens with zero attached hydrogens (tertiary/aromatic N) is 2. The number of benzene rings is 2. The Bertz CT molecular complexity index is 1570. The Labute approximate surface area is 255 Å². The molecule has 1 aromatic heterocycles. The number of phenols is 1. The number of allylic oxidation sites excluding steroid dienone is 1. The van der Waals surface area contributed by atoms with Crippen molar-refractivity contribution in [3.8, 4) is 5.75 Å². The minimum Gasteiger partial charge on any atom is -0.507 e. The van der Waals surface area contributed by atoms with Gasteiger partial charge in [0.2, 0.25) is 11.8 Å². The third-order valence-electron chi connectivity index (χ3n) is 8.43. The molecular formula is C33H35BN2O8. The molecule has 1 aliphatic heterocycles. The van der Waals surface area contributed by atoms with Gasteiger partial charge in [0, 0.05) is 24.8 Å². The summed E-state index contributed by atoms with van der Waals surface area (Å²) in [6, 6.07) is 18.3. The van der Waals surface area contributed by atoms with Crippen molar-refractivity contribution in [1.29, 1.82) is 0 Å². The third kappa shape index (κ3) is 6.24. The highest BCUT2D eigenvalue weighted by Gasteiger charge is 2.55. The molecule has 1 saturated heterocycles. The van der Waals surface area contributed by atoms with Crippen molar-refractivity contribution in [2.45, 2.75) is 25.4 Å². The first-order valence-electron chi connectivity index (χ1n) is 14.5. The number of aliphatic hydroxyl groups excluding tert-OH is 2. The van der Waals surface area contributed by atoms with E-state index in [9.17, 15) is 35.0 Å². The highest BCUT2D eigenvalue weighted by atomic mass is 16.5. The standard InChI is InChI=1S/C33H35BN2O8/c1-44-19-22-16-25-31(33(41)36(32(25)40)24-9-6-8-23(17-24)34(42)43)26(18-37)30(22)29(39)13-12-20(27-10-4-5-14-35-27)15-21-7-2-3-11-28(21)38/h2-11,14-15,17,25-26,29,31,37-39,42-43H,12-13,16,18-19H2,1H3/b20-15-/t25-,26+,29-,31-/m1/s1. The largest absolute Gasteiger partial charge is 0.507 e. The van der Waals surface area contributed by atoms with Crippen molar-refractivity contribution in [2.24, 2.45) is 17.8 Å². The van der Waals surface area contributed by atoms with E-state index in [1.807, 2.05) is 24.3 Å². The average molecular weight is 598 g/mol. The summed E-state index contributed by atoms with van der Waals surface area (Å²) in [7, 11) is -0.270. The summed E-state index contributed by atoms with van der Waals surface area (Å²) in [5, 5.41) is 51.9. The maximum absolute atomic E-state index is 13.8. The molecule has 0 spiro atoms. The van der Waals surface area contributed by atoms with Crippen LogP contribution in [0.4, 0.5) is 5.69 Å². The van der Waals surface area contributed by atoms with Crippen LogP contribution < -0.4 is 10.4 Å². The summed E-state index contributed by atoms with van der Waals surface area (Å²) in [5.74, 6) is -3.37. The molecule has 11 heteroatoms. The van der Waals surface area contributed by atoms with Crippen LogP contribution in [0.5, 0.6) is 5.75 Å². The first-order chi connectivity index (χ1) is 21.2. The Balaban J connectivity index is 1.45. The van der Waals surface area contributed by atoms with Gasteiger partial charge in [0.05, 0.1) is 42.5 Å². The van der Waals surface area contributed by atoms with Gasteiger partial charge in [0.15, 0.2) is 0 Å². The number of methoxy groups -OCH3 is 1. The van der Waals surface area contributed by atoms with Crippen LogP contribution >= 0.6 is 0 Å². The lowest BCUT2D eigenvalue weighted by Crippen LogP contribution is -2.39. The van der Waals surface area contributed by atoms with Crippen LogP contribution in [0.3, 0.4) is 0 Å². The summed E-state index contributed by atoms with van der Waals surface area (Å²) in [5.41, 5.74) is 3.54. The number of aromatic nitrogens is 1. The number of imide groups is 1. The Morgan fingerprint density at radius 3 is 2.55 bits per heavy atom. The van der Waals surface area contributed by atoms with E-state index >= 15 is 0 Å². The second-order valence-electron chi connectivity index (χ2n) is 11.1. The number of hydrogen-bond donors (Lipinski definition) is 5. The number of para-hydroxylation sites is 1. The molecule has 3 aromatic rings. The maximum atomic E-state index is 13.8. The number of carbonyl (C=O) groups is 2. The molecule has 5 rings (SSSR count). The number of aromatic hydroxyl groups is 1. The van der Waals surface area contributed by atoms with E-state index in [0.29, 0.717) is 28.8 Å². The number of anilines is 1. The average Bonchev–Trinajstić information content (AvgIpc) is 3.28. The van der Waals surface area contributed by atoms with Gasteiger partial charge in [-0.2, -0.15) is 0 Å². The molecular weight excluding hydrogens is 563 g/mol. The number of aliphatic hydroxyl groups is 2. The molecule has 2 amide bonds. The van der Waals surface area contributed by atoms with Crippen LogP contribution in [0.2, 0.25) is 0 Å². The van der Waals surface area contributed by atoms with Gasteiger partial charge in [0.25, 0.3) is 0 Å². The van der Waals surface area contributed by atoms with Crippen LogP contribution in [-0.2, 0) is 14.3 Å². The van der Waals surface area contributed by atoms with Gasteiger partial charge in [-0.15, -0.1) is 0 Å². The Morgan fingerprint density at radius 1 is 1.09 bits per heavy atom. The number of amides is 2. The highest BCUT2D eigenvalue weighted by Crippen LogP contribution is 2.47. The zero-order valence-electron chi connectivity index (χ0n) is 24.3. The number of rotatable bonds is 11. The monoisotopic (exact) mass is 598 g/mol. The molecule has 0 unspecified atom stereocenters. The Morgan fingerprint density at radius 2 is 1.86 bits per heavy atom. The Hall–Kier alpha value is -4.13. The molecule has 0 radical (unpaired) electrons. The number of carbonyl (C=O) groups excluding carboxylic acids is 2. The molecule has 0 bridgehead atoms. The number of pyridine rings is 1. The van der Waals surface area contributed by atoms with Crippen molar-refractivity contribution < 1.29 is 39.7 Å². The van der Waals surface area contributed by atoms with Crippen molar-refractivity contribution in [1.82, 2.24) is 4.98 Å². The summed E-state index contributed by atoms with van der Waals surface area (Å²) in [6.07, 6.45) is 3.17. The molecule has 5 N–H and O–H groups in total. The zero-order chi connectivity index (χ0) is 31.4. The predicted octanol–water partition coefficient (Wildman–Crippen LogP) is 1.91. The van der Waals surface area contributed by atoms with E-state index < -0.39 is 49.4 Å². The summed E-state index contributed by atoms with van der Waals surface area (Å²) >= 11 is 0. The minimum atomic E-state index is -1.78. The van der Waals surface area contributed by atoms with E-state index in [-0.39, 0.29) is 36.3 Å². The number of hydrogen-bond acceptors (Lipinski definition) is 9. The molecule has 1 fully saturated rings. The lowest BCUT2D eigenvalue weighted by atomic mass is 9.68. The fourth-order valence-corrected chi connectivity index (χ4v) is 6.42. The van der Waals surface area contributed by atoms with Crippen LogP contribution in [0.25, 0.3) is 11.6 Å². The maximum Gasteiger partial charge on any atom is 0.488 e. The lowest BCUT2D eigenvalue weighted by Gasteiger charge is -2.36. The summed E-state index contributed by atoms with van der Waals surface area (Å²) in [4.78, 5) is 32.9. The van der Waals surface area contributed by atoms with Crippen molar-refractivity contribution >= 4 is 41.7 Å². The predicted molar refractivity (Wildman–Crippen MR) is 165 cm³/mol. The van der Waals surface area contributed by atoms with E-state index in [0.717, 1.165) is 10.5 Å². The number of ether oxygens (including phenoxy) is 1. The van der Waals surface area contributed by atoms with E-state index in [1.54, 1.807) is 36.5 Å². The van der Waals surface area contributed by atoms with Gasteiger partial charge in [-0.25, -0.2) is 0 Å². The van der Waals surface area contributed by atoms with Crippen LogP contribution in [0, 0.1) is 17.8 Å². The topological polar surface area (TPSA) is 161 Å². The molecule has 2 aromatic carbocycles. The SMILES string of the molecule is COCC1=C([C@H](O)CC/C(=C/c2ccccc2O)c2ccccn2)[C@H](CO)[C@@H]2C(=O)N(c3cccc(B(O)O)c3)C(=O)[C@@H]2C1.